The number of rotatable bonds is 6. The monoisotopic (exact) mass is 677 g/mol. The molecule has 0 saturated carbocycles. The molecule has 0 unspecified atom stereocenters. The van der Waals surface area contributed by atoms with E-state index in [-0.39, 0.29) is 0 Å². The summed E-state index contributed by atoms with van der Waals surface area (Å²) in [4.78, 5) is 15.4. The van der Waals surface area contributed by atoms with E-state index in [4.69, 9.17) is 19.4 Å². The van der Waals surface area contributed by atoms with E-state index in [1.54, 1.807) is 0 Å². The van der Waals surface area contributed by atoms with E-state index in [2.05, 4.69) is 146 Å². The molecule has 0 bridgehead atoms. The molecular weight excluding hydrogens is 647 g/mol. The summed E-state index contributed by atoms with van der Waals surface area (Å²) in [5.41, 5.74) is 11.3. The molecule has 0 aliphatic heterocycles. The smallest absolute Gasteiger partial charge is 0.164 e. The largest absolute Gasteiger partial charge is 0.455 e. The second-order valence-corrected chi connectivity index (χ2v) is 13.2. The fraction of sp³-hybridized carbons (Fsp3) is 0. The van der Waals surface area contributed by atoms with E-state index in [9.17, 15) is 0 Å². The van der Waals surface area contributed by atoms with Crippen LogP contribution >= 0.6 is 0 Å². The van der Waals surface area contributed by atoms with Gasteiger partial charge in [0.2, 0.25) is 0 Å². The van der Waals surface area contributed by atoms with Gasteiger partial charge < -0.3 is 4.42 Å². The summed E-state index contributed by atoms with van der Waals surface area (Å²) < 4.78 is 6.72. The van der Waals surface area contributed by atoms with Gasteiger partial charge in [-0.2, -0.15) is 0 Å². The van der Waals surface area contributed by atoms with Crippen LogP contribution in [0.1, 0.15) is 0 Å². The molecular formula is C49H31N3O. The predicted molar refractivity (Wildman–Crippen MR) is 217 cm³/mol. The Morgan fingerprint density at radius 2 is 0.755 bits per heavy atom. The van der Waals surface area contributed by atoms with Crippen molar-refractivity contribution < 1.29 is 4.42 Å². The Balaban J connectivity index is 1.15. The molecule has 8 aromatic carbocycles. The topological polar surface area (TPSA) is 51.8 Å². The Bertz CT molecular complexity index is 2940. The summed E-state index contributed by atoms with van der Waals surface area (Å²) in [6.45, 7) is 0. The van der Waals surface area contributed by atoms with Crippen molar-refractivity contribution in [1.82, 2.24) is 15.0 Å². The first-order chi connectivity index (χ1) is 26.2. The molecule has 4 nitrogen and oxygen atoms in total. The van der Waals surface area contributed by atoms with Gasteiger partial charge >= 0.3 is 0 Å². The highest BCUT2D eigenvalue weighted by molar-refractivity contribution is 6.19. The van der Waals surface area contributed by atoms with Crippen LogP contribution in [0.25, 0.3) is 100 Å². The lowest BCUT2D eigenvalue weighted by molar-refractivity contribution is 0.673. The Kier molecular flexibility index (Phi) is 7.43. The van der Waals surface area contributed by atoms with Crippen LogP contribution in [-0.4, -0.2) is 15.0 Å². The highest BCUT2D eigenvalue weighted by Crippen LogP contribution is 2.41. The number of furan rings is 1. The maximum atomic E-state index is 6.72. The van der Waals surface area contributed by atoms with Gasteiger partial charge in [-0.05, 0) is 69.1 Å². The van der Waals surface area contributed by atoms with E-state index in [1.165, 1.54) is 11.1 Å². The number of nitrogens with zero attached hydrogens (tertiary/aromatic N) is 3. The normalized spacial score (nSPS) is 11.4. The number of hydrogen-bond acceptors (Lipinski definition) is 4. The SMILES string of the molecule is c1ccc(-c2cccc(-c3ccc4c(c3)oc3c5ccccc5c(-c5nc(-c6ccccc6)nc(-c6cccc(-c7ccccc7)c6)n5)cc43)c2)cc1. The molecule has 0 atom stereocenters. The first-order valence-electron chi connectivity index (χ1n) is 17.8. The molecule has 10 rings (SSSR count). The quantitative estimate of drug-likeness (QED) is 0.176. The van der Waals surface area contributed by atoms with Crippen molar-refractivity contribution in [3.63, 3.8) is 0 Å². The number of aromatic nitrogens is 3. The van der Waals surface area contributed by atoms with E-state index in [0.29, 0.717) is 17.5 Å². The molecule has 0 amide bonds. The third-order valence-corrected chi connectivity index (χ3v) is 9.92. The number of hydrogen-bond donors (Lipinski definition) is 0. The first kappa shape index (κ1) is 30.6. The van der Waals surface area contributed by atoms with Crippen molar-refractivity contribution >= 4 is 32.7 Å². The van der Waals surface area contributed by atoms with Crippen LogP contribution in [0, 0.1) is 0 Å². The van der Waals surface area contributed by atoms with Gasteiger partial charge in [0.15, 0.2) is 17.5 Å². The second kappa shape index (κ2) is 12.9. The van der Waals surface area contributed by atoms with Gasteiger partial charge in [0, 0.05) is 32.8 Å². The van der Waals surface area contributed by atoms with E-state index >= 15 is 0 Å². The summed E-state index contributed by atoms with van der Waals surface area (Å²) in [5.74, 6) is 1.86. The minimum atomic E-state index is 0.612. The molecule has 0 aliphatic rings. The highest BCUT2D eigenvalue weighted by Gasteiger charge is 2.19. The molecule has 0 N–H and O–H groups in total. The summed E-state index contributed by atoms with van der Waals surface area (Å²) in [7, 11) is 0. The highest BCUT2D eigenvalue weighted by atomic mass is 16.3. The molecule has 2 aromatic heterocycles. The Hall–Kier alpha value is -7.17. The molecule has 0 radical (unpaired) electrons. The van der Waals surface area contributed by atoms with Crippen molar-refractivity contribution in [1.29, 1.82) is 0 Å². The third kappa shape index (κ3) is 5.63. The molecule has 0 fully saturated rings. The molecule has 2 heterocycles. The molecule has 10 aromatic rings. The minimum absolute atomic E-state index is 0.612. The fourth-order valence-electron chi connectivity index (χ4n) is 7.28. The van der Waals surface area contributed by atoms with Gasteiger partial charge in [0.05, 0.1) is 0 Å². The number of benzene rings is 8. The molecule has 4 heteroatoms. The minimum Gasteiger partial charge on any atom is -0.455 e. The Labute approximate surface area is 306 Å². The van der Waals surface area contributed by atoms with Crippen molar-refractivity contribution in [3.8, 4) is 67.5 Å². The molecule has 53 heavy (non-hydrogen) atoms. The Morgan fingerprint density at radius 3 is 1.42 bits per heavy atom. The van der Waals surface area contributed by atoms with Crippen molar-refractivity contribution in [2.45, 2.75) is 0 Å². The first-order valence-corrected chi connectivity index (χ1v) is 17.8. The maximum absolute atomic E-state index is 6.72. The summed E-state index contributed by atoms with van der Waals surface area (Å²) >= 11 is 0. The van der Waals surface area contributed by atoms with Crippen LogP contribution < -0.4 is 0 Å². The Morgan fingerprint density at radius 1 is 0.283 bits per heavy atom. The average molecular weight is 678 g/mol. The van der Waals surface area contributed by atoms with Crippen LogP contribution in [-0.2, 0) is 0 Å². The lowest BCUT2D eigenvalue weighted by Gasteiger charge is -2.11. The molecule has 0 aliphatic carbocycles. The second-order valence-electron chi connectivity index (χ2n) is 13.2. The van der Waals surface area contributed by atoms with Gasteiger partial charge in [0.25, 0.3) is 0 Å². The van der Waals surface area contributed by atoms with Crippen LogP contribution in [0.5, 0.6) is 0 Å². The lowest BCUT2D eigenvalue weighted by atomic mass is 9.97. The van der Waals surface area contributed by atoms with Crippen molar-refractivity contribution in [3.05, 3.63) is 188 Å². The third-order valence-electron chi connectivity index (χ3n) is 9.92. The summed E-state index contributed by atoms with van der Waals surface area (Å²) in [6.07, 6.45) is 0. The van der Waals surface area contributed by atoms with E-state index in [1.807, 2.05) is 42.5 Å². The summed E-state index contributed by atoms with van der Waals surface area (Å²) in [5, 5.41) is 4.10. The van der Waals surface area contributed by atoms with Gasteiger partial charge in [-0.3, -0.25) is 0 Å². The van der Waals surface area contributed by atoms with Crippen LogP contribution in [0.2, 0.25) is 0 Å². The van der Waals surface area contributed by atoms with Gasteiger partial charge in [-0.1, -0.05) is 158 Å². The fourth-order valence-corrected chi connectivity index (χ4v) is 7.28. The van der Waals surface area contributed by atoms with Gasteiger partial charge in [-0.15, -0.1) is 0 Å². The zero-order chi connectivity index (χ0) is 35.1. The molecule has 0 saturated heterocycles. The molecule has 248 valence electrons. The summed E-state index contributed by atoms with van der Waals surface area (Å²) in [6, 6.07) is 65.1. The van der Waals surface area contributed by atoms with Crippen molar-refractivity contribution in [2.75, 3.05) is 0 Å². The predicted octanol–water partition coefficient (Wildman–Crippen LogP) is 12.9. The van der Waals surface area contributed by atoms with E-state index < -0.39 is 0 Å². The lowest BCUT2D eigenvalue weighted by Crippen LogP contribution is -2.00. The van der Waals surface area contributed by atoms with Crippen molar-refractivity contribution in [2.24, 2.45) is 0 Å². The standard InChI is InChI=1S/C49H31N3O/c1-4-14-32(15-5-1)35-20-12-22-37(28-35)38-26-27-41-43-31-44(40-24-10-11-25-42(40)46(43)53-45(41)30-38)49-51-47(34-18-8-3-9-19-34)50-48(52-49)39-23-13-21-36(29-39)33-16-6-2-7-17-33/h1-31H. The zero-order valence-corrected chi connectivity index (χ0v) is 28.6. The zero-order valence-electron chi connectivity index (χ0n) is 28.6. The van der Waals surface area contributed by atoms with Gasteiger partial charge in [0.1, 0.15) is 11.2 Å². The van der Waals surface area contributed by atoms with E-state index in [0.717, 1.165) is 71.7 Å². The van der Waals surface area contributed by atoms with Crippen LogP contribution in [0.4, 0.5) is 0 Å². The van der Waals surface area contributed by atoms with Crippen LogP contribution in [0.3, 0.4) is 0 Å². The maximum Gasteiger partial charge on any atom is 0.164 e. The van der Waals surface area contributed by atoms with Crippen LogP contribution in [0.15, 0.2) is 192 Å². The van der Waals surface area contributed by atoms with Gasteiger partial charge in [-0.25, -0.2) is 15.0 Å². The molecule has 0 spiro atoms. The number of fused-ring (bicyclic) bond motifs is 5. The average Bonchev–Trinajstić information content (AvgIpc) is 3.62.